The van der Waals surface area contributed by atoms with Crippen LogP contribution in [0.3, 0.4) is 0 Å². The third kappa shape index (κ3) is 5.51. The van der Waals surface area contributed by atoms with Crippen LogP contribution in [0.2, 0.25) is 0 Å². The van der Waals surface area contributed by atoms with E-state index in [1.165, 1.54) is 0 Å². The maximum absolute atomic E-state index is 5.90. The van der Waals surface area contributed by atoms with E-state index in [4.69, 9.17) is 14.5 Å². The van der Waals surface area contributed by atoms with Gasteiger partial charge in [-0.15, -0.1) is 0 Å². The van der Waals surface area contributed by atoms with E-state index in [2.05, 4.69) is 22.2 Å². The SMILES string of the molecule is CCNC(=NCCCOCC)N1CCOC(c2cnn(C)c2)C1. The van der Waals surface area contributed by atoms with Crippen molar-refractivity contribution in [2.75, 3.05) is 46.0 Å². The Morgan fingerprint density at radius 2 is 2.39 bits per heavy atom. The molecule has 1 aliphatic heterocycles. The quantitative estimate of drug-likeness (QED) is 0.464. The molecule has 1 N–H and O–H groups in total. The molecule has 0 aliphatic carbocycles. The van der Waals surface area contributed by atoms with Crippen LogP contribution in [-0.4, -0.2) is 66.6 Å². The van der Waals surface area contributed by atoms with Crippen LogP contribution in [0.15, 0.2) is 17.4 Å². The highest BCUT2D eigenvalue weighted by Gasteiger charge is 2.25. The Morgan fingerprint density at radius 1 is 1.52 bits per heavy atom. The molecule has 0 aromatic carbocycles. The number of guanidine groups is 1. The summed E-state index contributed by atoms with van der Waals surface area (Å²) in [6.07, 6.45) is 4.88. The lowest BCUT2D eigenvalue weighted by Crippen LogP contribution is -2.48. The van der Waals surface area contributed by atoms with Crippen LogP contribution in [0.25, 0.3) is 0 Å². The van der Waals surface area contributed by atoms with Crippen LogP contribution in [0, 0.1) is 0 Å². The van der Waals surface area contributed by atoms with Gasteiger partial charge in [0.25, 0.3) is 0 Å². The summed E-state index contributed by atoms with van der Waals surface area (Å²) in [5.41, 5.74) is 1.12. The maximum atomic E-state index is 5.90. The van der Waals surface area contributed by atoms with E-state index >= 15 is 0 Å². The van der Waals surface area contributed by atoms with Gasteiger partial charge in [-0.2, -0.15) is 5.10 Å². The highest BCUT2D eigenvalue weighted by Crippen LogP contribution is 2.21. The first kappa shape index (κ1) is 17.7. The molecular formula is C16H29N5O2. The van der Waals surface area contributed by atoms with E-state index < -0.39 is 0 Å². The van der Waals surface area contributed by atoms with Gasteiger partial charge in [-0.05, 0) is 20.3 Å². The Bertz CT molecular complexity index is 489. The highest BCUT2D eigenvalue weighted by atomic mass is 16.5. The van der Waals surface area contributed by atoms with Crippen molar-refractivity contribution in [1.29, 1.82) is 0 Å². The predicted molar refractivity (Wildman–Crippen MR) is 90.6 cm³/mol. The minimum absolute atomic E-state index is 0.0460. The van der Waals surface area contributed by atoms with E-state index in [1.54, 1.807) is 0 Å². The second-order valence-electron chi connectivity index (χ2n) is 5.54. The molecule has 1 atom stereocenters. The van der Waals surface area contributed by atoms with Crippen molar-refractivity contribution in [1.82, 2.24) is 20.0 Å². The Labute approximate surface area is 138 Å². The first-order valence-electron chi connectivity index (χ1n) is 8.45. The summed E-state index contributed by atoms with van der Waals surface area (Å²) in [7, 11) is 1.92. The normalized spacial score (nSPS) is 19.2. The Kier molecular flexibility index (Phi) is 7.35. The van der Waals surface area contributed by atoms with Gasteiger partial charge < -0.3 is 19.7 Å². The van der Waals surface area contributed by atoms with Gasteiger partial charge in [0, 0.05) is 51.7 Å². The van der Waals surface area contributed by atoms with Crippen molar-refractivity contribution in [2.24, 2.45) is 12.0 Å². The molecule has 7 heteroatoms. The molecule has 0 spiro atoms. The summed E-state index contributed by atoms with van der Waals surface area (Å²) in [5, 5.41) is 7.61. The predicted octanol–water partition coefficient (Wildman–Crippen LogP) is 1.19. The van der Waals surface area contributed by atoms with Crippen molar-refractivity contribution in [2.45, 2.75) is 26.4 Å². The van der Waals surface area contributed by atoms with Gasteiger partial charge in [-0.3, -0.25) is 9.67 Å². The van der Waals surface area contributed by atoms with E-state index in [-0.39, 0.29) is 6.10 Å². The second-order valence-corrected chi connectivity index (χ2v) is 5.54. The third-order valence-corrected chi connectivity index (χ3v) is 3.71. The van der Waals surface area contributed by atoms with Gasteiger partial charge in [-0.1, -0.05) is 0 Å². The minimum atomic E-state index is 0.0460. The fraction of sp³-hybridized carbons (Fsp3) is 0.750. The number of ether oxygens (including phenoxy) is 2. The van der Waals surface area contributed by atoms with Crippen molar-refractivity contribution < 1.29 is 9.47 Å². The van der Waals surface area contributed by atoms with E-state index in [1.807, 2.05) is 31.0 Å². The number of aromatic nitrogens is 2. The van der Waals surface area contributed by atoms with Gasteiger partial charge in [0.05, 0.1) is 19.3 Å². The van der Waals surface area contributed by atoms with Crippen molar-refractivity contribution in [3.63, 3.8) is 0 Å². The van der Waals surface area contributed by atoms with Crippen LogP contribution >= 0.6 is 0 Å². The second kappa shape index (κ2) is 9.52. The molecule has 7 nitrogen and oxygen atoms in total. The van der Waals surface area contributed by atoms with Gasteiger partial charge in [0.15, 0.2) is 5.96 Å². The lowest BCUT2D eigenvalue weighted by atomic mass is 10.1. The Balaban J connectivity index is 1.93. The number of aryl methyl sites for hydroxylation is 1. The zero-order chi connectivity index (χ0) is 16.5. The molecule has 1 aliphatic rings. The fourth-order valence-corrected chi connectivity index (χ4v) is 2.57. The minimum Gasteiger partial charge on any atom is -0.382 e. The van der Waals surface area contributed by atoms with Crippen LogP contribution in [-0.2, 0) is 16.5 Å². The highest BCUT2D eigenvalue weighted by molar-refractivity contribution is 5.80. The summed E-state index contributed by atoms with van der Waals surface area (Å²) in [4.78, 5) is 6.99. The van der Waals surface area contributed by atoms with Crippen molar-refractivity contribution in [3.8, 4) is 0 Å². The Morgan fingerprint density at radius 3 is 3.09 bits per heavy atom. The van der Waals surface area contributed by atoms with Gasteiger partial charge in [0.2, 0.25) is 0 Å². The smallest absolute Gasteiger partial charge is 0.194 e. The van der Waals surface area contributed by atoms with E-state index in [9.17, 15) is 0 Å². The monoisotopic (exact) mass is 323 g/mol. The van der Waals surface area contributed by atoms with Gasteiger partial charge in [-0.25, -0.2) is 0 Å². The van der Waals surface area contributed by atoms with Crippen LogP contribution in [0.4, 0.5) is 0 Å². The molecule has 1 unspecified atom stereocenters. The zero-order valence-electron chi connectivity index (χ0n) is 14.5. The average Bonchev–Trinajstić information content (AvgIpc) is 3.00. The number of nitrogens with zero attached hydrogens (tertiary/aromatic N) is 4. The lowest BCUT2D eigenvalue weighted by Gasteiger charge is -2.34. The average molecular weight is 323 g/mol. The van der Waals surface area contributed by atoms with E-state index in [0.29, 0.717) is 6.61 Å². The summed E-state index contributed by atoms with van der Waals surface area (Å²) < 4.78 is 13.1. The molecule has 23 heavy (non-hydrogen) atoms. The Hall–Kier alpha value is -1.60. The topological polar surface area (TPSA) is 63.9 Å². The first-order valence-corrected chi connectivity index (χ1v) is 8.45. The summed E-state index contributed by atoms with van der Waals surface area (Å²) in [6, 6.07) is 0. The summed E-state index contributed by atoms with van der Waals surface area (Å²) >= 11 is 0. The zero-order valence-corrected chi connectivity index (χ0v) is 14.5. The molecule has 2 rings (SSSR count). The van der Waals surface area contributed by atoms with Crippen LogP contribution in [0.5, 0.6) is 0 Å². The molecule has 0 amide bonds. The number of hydrogen-bond donors (Lipinski definition) is 1. The van der Waals surface area contributed by atoms with Crippen LogP contribution < -0.4 is 5.32 Å². The van der Waals surface area contributed by atoms with E-state index in [0.717, 1.165) is 57.3 Å². The molecular weight excluding hydrogens is 294 g/mol. The third-order valence-electron chi connectivity index (χ3n) is 3.71. The number of hydrogen-bond acceptors (Lipinski definition) is 4. The molecule has 1 aromatic rings. The summed E-state index contributed by atoms with van der Waals surface area (Å²) in [5.74, 6) is 0.959. The molecule has 0 radical (unpaired) electrons. The molecule has 2 heterocycles. The molecule has 1 saturated heterocycles. The molecule has 1 fully saturated rings. The molecule has 0 saturated carbocycles. The number of rotatable bonds is 7. The van der Waals surface area contributed by atoms with Crippen molar-refractivity contribution >= 4 is 5.96 Å². The molecule has 130 valence electrons. The number of nitrogens with one attached hydrogen (secondary N) is 1. The van der Waals surface area contributed by atoms with Gasteiger partial charge >= 0.3 is 0 Å². The fourth-order valence-electron chi connectivity index (χ4n) is 2.57. The molecule has 0 bridgehead atoms. The number of morpholine rings is 1. The summed E-state index contributed by atoms with van der Waals surface area (Å²) in [6.45, 7) is 9.62. The maximum Gasteiger partial charge on any atom is 0.194 e. The lowest BCUT2D eigenvalue weighted by molar-refractivity contribution is -0.00805. The number of aliphatic imine (C=N–C) groups is 1. The first-order chi connectivity index (χ1) is 11.2. The van der Waals surface area contributed by atoms with Gasteiger partial charge in [0.1, 0.15) is 6.10 Å². The van der Waals surface area contributed by atoms with Crippen LogP contribution in [0.1, 0.15) is 31.9 Å². The standard InChI is InChI=1S/C16H29N5O2/c1-4-17-16(18-7-6-9-22-5-2)21-8-10-23-15(13-21)14-11-19-20(3)12-14/h11-12,15H,4-10,13H2,1-3H3,(H,17,18). The molecule has 1 aromatic heterocycles. The largest absolute Gasteiger partial charge is 0.382 e. The van der Waals surface area contributed by atoms with Crippen molar-refractivity contribution in [3.05, 3.63) is 18.0 Å².